The van der Waals surface area contributed by atoms with Gasteiger partial charge in [-0.05, 0) is 32.4 Å². The molecule has 1 rings (SSSR count). The van der Waals surface area contributed by atoms with Crippen LogP contribution in [0.15, 0.2) is 33.6 Å². The SMILES string of the molecule is CCCC(C)(C=NS(=O)c1ccc(C)cc1)OC. The number of benzene rings is 1. The van der Waals surface area contributed by atoms with Crippen molar-refractivity contribution in [3.63, 3.8) is 0 Å². The maximum atomic E-state index is 12.0. The number of hydrogen-bond donors (Lipinski definition) is 0. The van der Waals surface area contributed by atoms with Crippen LogP contribution in [0.25, 0.3) is 0 Å². The summed E-state index contributed by atoms with van der Waals surface area (Å²) in [5, 5.41) is 0. The summed E-state index contributed by atoms with van der Waals surface area (Å²) in [5.74, 6) is 0. The lowest BCUT2D eigenvalue weighted by Crippen LogP contribution is -2.29. The number of nitrogens with zero attached hydrogens (tertiary/aromatic N) is 1. The Morgan fingerprint density at radius 3 is 2.50 bits per heavy atom. The fourth-order valence-corrected chi connectivity index (χ4v) is 2.40. The first kappa shape index (κ1) is 15.1. The Kier molecular flexibility index (Phi) is 5.69. The highest BCUT2D eigenvalue weighted by molar-refractivity contribution is 7.83. The van der Waals surface area contributed by atoms with E-state index in [1.807, 2.05) is 38.1 Å². The van der Waals surface area contributed by atoms with Gasteiger partial charge in [-0.25, -0.2) is 4.21 Å². The lowest BCUT2D eigenvalue weighted by atomic mass is 10.0. The van der Waals surface area contributed by atoms with Crippen LogP contribution in [0.1, 0.15) is 32.3 Å². The number of rotatable bonds is 6. The average molecular weight is 267 g/mol. The van der Waals surface area contributed by atoms with Gasteiger partial charge in [0.2, 0.25) is 0 Å². The molecular formula is C14H21NO2S. The van der Waals surface area contributed by atoms with Crippen LogP contribution in [0, 0.1) is 6.92 Å². The molecule has 0 aliphatic carbocycles. The van der Waals surface area contributed by atoms with Crippen molar-refractivity contribution in [2.45, 2.75) is 44.1 Å². The van der Waals surface area contributed by atoms with E-state index in [1.54, 1.807) is 13.3 Å². The third-order valence-corrected chi connectivity index (χ3v) is 3.83. The van der Waals surface area contributed by atoms with Gasteiger partial charge in [-0.2, -0.15) is 4.40 Å². The second-order valence-corrected chi connectivity index (χ2v) is 5.74. The predicted molar refractivity (Wildman–Crippen MR) is 76.4 cm³/mol. The molecule has 0 fully saturated rings. The summed E-state index contributed by atoms with van der Waals surface area (Å²) in [5.41, 5.74) is 0.710. The summed E-state index contributed by atoms with van der Waals surface area (Å²) in [4.78, 5) is 0.715. The molecule has 4 heteroatoms. The second-order valence-electron chi connectivity index (χ2n) is 4.56. The normalized spacial score (nSPS) is 16.7. The van der Waals surface area contributed by atoms with E-state index in [4.69, 9.17) is 4.74 Å². The predicted octanol–water partition coefficient (Wildman–Crippen LogP) is 3.29. The van der Waals surface area contributed by atoms with E-state index in [9.17, 15) is 4.21 Å². The van der Waals surface area contributed by atoms with Gasteiger partial charge < -0.3 is 4.74 Å². The molecule has 0 aliphatic heterocycles. The number of ether oxygens (including phenoxy) is 1. The minimum Gasteiger partial charge on any atom is -0.373 e. The van der Waals surface area contributed by atoms with Crippen molar-refractivity contribution < 1.29 is 8.95 Å². The molecule has 0 heterocycles. The molecule has 0 N–H and O–H groups in total. The lowest BCUT2D eigenvalue weighted by Gasteiger charge is -2.22. The van der Waals surface area contributed by atoms with Gasteiger partial charge >= 0.3 is 0 Å². The highest BCUT2D eigenvalue weighted by Crippen LogP contribution is 2.15. The Bertz CT molecular complexity index is 428. The molecule has 2 atom stereocenters. The molecule has 3 nitrogen and oxygen atoms in total. The average Bonchev–Trinajstić information content (AvgIpc) is 2.37. The zero-order valence-electron chi connectivity index (χ0n) is 11.5. The van der Waals surface area contributed by atoms with Crippen LogP contribution in [0.3, 0.4) is 0 Å². The summed E-state index contributed by atoms with van der Waals surface area (Å²) in [6.07, 6.45) is 3.51. The van der Waals surface area contributed by atoms with Gasteiger partial charge in [0, 0.05) is 13.3 Å². The molecule has 1 aromatic carbocycles. The molecule has 0 amide bonds. The smallest absolute Gasteiger partial charge is 0.172 e. The van der Waals surface area contributed by atoms with E-state index in [1.165, 1.54) is 0 Å². The quantitative estimate of drug-likeness (QED) is 0.742. The summed E-state index contributed by atoms with van der Waals surface area (Å²) < 4.78 is 21.5. The van der Waals surface area contributed by atoms with Gasteiger partial charge in [0.25, 0.3) is 0 Å². The Labute approximate surface area is 112 Å². The molecule has 0 spiro atoms. The minimum absolute atomic E-state index is 0.435. The van der Waals surface area contributed by atoms with Gasteiger partial charge in [0.15, 0.2) is 11.0 Å². The van der Waals surface area contributed by atoms with E-state index < -0.39 is 16.6 Å². The second kappa shape index (κ2) is 6.81. The van der Waals surface area contributed by atoms with Crippen molar-refractivity contribution in [3.8, 4) is 0 Å². The van der Waals surface area contributed by atoms with Crippen molar-refractivity contribution in [3.05, 3.63) is 29.8 Å². The first-order valence-electron chi connectivity index (χ1n) is 6.09. The molecule has 2 unspecified atom stereocenters. The lowest BCUT2D eigenvalue weighted by molar-refractivity contribution is 0.0627. The zero-order valence-corrected chi connectivity index (χ0v) is 12.3. The van der Waals surface area contributed by atoms with Crippen molar-refractivity contribution in [1.82, 2.24) is 0 Å². The fraction of sp³-hybridized carbons (Fsp3) is 0.500. The third-order valence-electron chi connectivity index (χ3n) is 2.86. The minimum atomic E-state index is -1.35. The summed E-state index contributed by atoms with van der Waals surface area (Å²) >= 11 is 0. The van der Waals surface area contributed by atoms with Gasteiger partial charge in [-0.15, -0.1) is 0 Å². The Morgan fingerprint density at radius 2 is 2.00 bits per heavy atom. The molecule has 0 bridgehead atoms. The van der Waals surface area contributed by atoms with Crippen molar-refractivity contribution >= 4 is 17.2 Å². The van der Waals surface area contributed by atoms with E-state index in [0.717, 1.165) is 18.4 Å². The largest absolute Gasteiger partial charge is 0.373 e. The molecule has 100 valence electrons. The highest BCUT2D eigenvalue weighted by atomic mass is 32.2. The summed E-state index contributed by atoms with van der Waals surface area (Å²) in [6.45, 7) is 6.04. The van der Waals surface area contributed by atoms with Crippen LogP contribution in [0.2, 0.25) is 0 Å². The summed E-state index contributed by atoms with van der Waals surface area (Å²) in [7, 11) is 0.295. The molecule has 0 saturated heterocycles. The number of aryl methyl sites for hydroxylation is 1. The molecule has 18 heavy (non-hydrogen) atoms. The highest BCUT2D eigenvalue weighted by Gasteiger charge is 2.20. The molecule has 1 aromatic rings. The van der Waals surface area contributed by atoms with Crippen LogP contribution < -0.4 is 0 Å². The third kappa shape index (κ3) is 4.35. The van der Waals surface area contributed by atoms with Crippen LogP contribution >= 0.6 is 0 Å². The van der Waals surface area contributed by atoms with Gasteiger partial charge in [-0.3, -0.25) is 0 Å². The first-order valence-corrected chi connectivity index (χ1v) is 7.20. The van der Waals surface area contributed by atoms with Gasteiger partial charge in [0.05, 0.1) is 4.90 Å². The zero-order chi connectivity index (χ0) is 13.6. The summed E-state index contributed by atoms with van der Waals surface area (Å²) in [6, 6.07) is 7.55. The van der Waals surface area contributed by atoms with E-state index in [2.05, 4.69) is 11.3 Å². The molecule has 0 saturated carbocycles. The van der Waals surface area contributed by atoms with Gasteiger partial charge in [-0.1, -0.05) is 31.0 Å². The van der Waals surface area contributed by atoms with Crippen LogP contribution in [-0.2, 0) is 15.7 Å². The van der Waals surface area contributed by atoms with Crippen molar-refractivity contribution in [2.24, 2.45) is 4.40 Å². The monoisotopic (exact) mass is 267 g/mol. The fourth-order valence-electron chi connectivity index (χ4n) is 1.59. The van der Waals surface area contributed by atoms with E-state index in [-0.39, 0.29) is 0 Å². The Hall–Kier alpha value is -1.00. The van der Waals surface area contributed by atoms with E-state index >= 15 is 0 Å². The van der Waals surface area contributed by atoms with Crippen molar-refractivity contribution in [1.29, 1.82) is 0 Å². The molecule has 0 aromatic heterocycles. The van der Waals surface area contributed by atoms with Gasteiger partial charge in [0.1, 0.15) is 5.60 Å². The number of methoxy groups -OCH3 is 1. The van der Waals surface area contributed by atoms with E-state index in [0.29, 0.717) is 4.90 Å². The molecule has 0 radical (unpaired) electrons. The number of hydrogen-bond acceptors (Lipinski definition) is 2. The Morgan fingerprint density at radius 1 is 1.39 bits per heavy atom. The van der Waals surface area contributed by atoms with Crippen LogP contribution in [-0.4, -0.2) is 23.1 Å². The van der Waals surface area contributed by atoms with Crippen LogP contribution in [0.5, 0.6) is 0 Å². The maximum absolute atomic E-state index is 12.0. The molecular weight excluding hydrogens is 246 g/mol. The van der Waals surface area contributed by atoms with Crippen LogP contribution in [0.4, 0.5) is 0 Å². The first-order chi connectivity index (χ1) is 8.50. The standard InChI is InChI=1S/C14H21NO2S/c1-5-10-14(3,17-4)11-15-18(16)13-8-6-12(2)7-9-13/h6-9,11H,5,10H2,1-4H3. The molecule has 0 aliphatic rings. The Balaban J connectivity index is 2.77. The maximum Gasteiger partial charge on any atom is 0.172 e. The topological polar surface area (TPSA) is 38.7 Å². The van der Waals surface area contributed by atoms with Crippen molar-refractivity contribution in [2.75, 3.05) is 7.11 Å².